The van der Waals surface area contributed by atoms with E-state index >= 15 is 0 Å². The number of halogens is 2. The summed E-state index contributed by atoms with van der Waals surface area (Å²) in [6.07, 6.45) is -1.15. The molecule has 0 saturated heterocycles. The molecule has 0 aliphatic rings. The van der Waals surface area contributed by atoms with E-state index in [2.05, 4.69) is 10.2 Å². The molecule has 72 valence electrons. The predicted molar refractivity (Wildman–Crippen MR) is 48.6 cm³/mol. The first kappa shape index (κ1) is 10.7. The Hall–Kier alpha value is -0.420. The fourth-order valence-corrected chi connectivity index (χ4v) is 1.20. The zero-order valence-corrected chi connectivity index (χ0v) is 8.38. The highest BCUT2D eigenvalue weighted by Gasteiger charge is 2.14. The average Bonchev–Trinajstić information content (AvgIpc) is 2.04. The highest BCUT2D eigenvalue weighted by molar-refractivity contribution is 6.34. The Kier molecular flexibility index (Phi) is 3.87. The van der Waals surface area contributed by atoms with Crippen LogP contribution in [0.2, 0.25) is 10.2 Å². The molecular weight excluding hydrogens is 215 g/mol. The lowest BCUT2D eigenvalue weighted by Crippen LogP contribution is -2.07. The fourth-order valence-electron chi connectivity index (χ4n) is 0.761. The van der Waals surface area contributed by atoms with Gasteiger partial charge in [0.1, 0.15) is 5.69 Å². The summed E-state index contributed by atoms with van der Waals surface area (Å²) in [7, 11) is 0. The summed E-state index contributed by atoms with van der Waals surface area (Å²) >= 11 is 11.3. The van der Waals surface area contributed by atoms with Crippen molar-refractivity contribution in [3.8, 4) is 0 Å². The highest BCUT2D eigenvalue weighted by Crippen LogP contribution is 2.22. The third-order valence-corrected chi connectivity index (χ3v) is 1.79. The third-order valence-electron chi connectivity index (χ3n) is 1.30. The maximum atomic E-state index is 9.34. The van der Waals surface area contributed by atoms with Crippen LogP contribution in [0.4, 0.5) is 0 Å². The van der Waals surface area contributed by atoms with Crippen molar-refractivity contribution in [1.82, 2.24) is 10.2 Å². The average molecular weight is 223 g/mol. The Balaban J connectivity index is 2.88. The Morgan fingerprint density at radius 2 is 2.23 bits per heavy atom. The van der Waals surface area contributed by atoms with Gasteiger partial charge in [-0.05, 0) is 13.0 Å². The van der Waals surface area contributed by atoms with E-state index < -0.39 is 6.29 Å². The lowest BCUT2D eigenvalue weighted by molar-refractivity contribution is -0.101. The van der Waals surface area contributed by atoms with Gasteiger partial charge in [0.25, 0.3) is 0 Å². The summed E-state index contributed by atoms with van der Waals surface area (Å²) < 4.78 is 4.87. The van der Waals surface area contributed by atoms with Gasteiger partial charge in [-0.25, -0.2) is 0 Å². The quantitative estimate of drug-likeness (QED) is 0.794. The molecule has 13 heavy (non-hydrogen) atoms. The fraction of sp³-hybridized carbons (Fsp3) is 0.429. The Morgan fingerprint density at radius 3 is 2.77 bits per heavy atom. The molecule has 4 nitrogen and oxygen atoms in total. The minimum atomic E-state index is -1.15. The van der Waals surface area contributed by atoms with E-state index in [0.29, 0.717) is 6.61 Å². The molecule has 0 amide bonds. The molecule has 0 radical (unpaired) electrons. The Labute approximate surface area is 85.4 Å². The molecular formula is C7H8Cl2N2O2. The molecule has 0 aromatic carbocycles. The van der Waals surface area contributed by atoms with Crippen LogP contribution in [0.3, 0.4) is 0 Å². The number of rotatable bonds is 3. The van der Waals surface area contributed by atoms with Crippen molar-refractivity contribution in [3.05, 3.63) is 21.9 Å². The van der Waals surface area contributed by atoms with Gasteiger partial charge in [0.05, 0.1) is 5.02 Å². The lowest BCUT2D eigenvalue weighted by atomic mass is 10.4. The lowest BCUT2D eigenvalue weighted by Gasteiger charge is -2.09. The van der Waals surface area contributed by atoms with E-state index in [0.717, 1.165) is 0 Å². The van der Waals surface area contributed by atoms with E-state index in [9.17, 15) is 5.11 Å². The van der Waals surface area contributed by atoms with Crippen molar-refractivity contribution in [2.75, 3.05) is 6.61 Å². The molecule has 1 heterocycles. The van der Waals surface area contributed by atoms with E-state index in [-0.39, 0.29) is 15.9 Å². The molecule has 1 aromatic rings. The van der Waals surface area contributed by atoms with Crippen LogP contribution in [0.25, 0.3) is 0 Å². The SMILES string of the molecule is CCOC(O)c1nnc(Cl)cc1Cl. The predicted octanol–water partition coefficient (Wildman–Crippen LogP) is 1.81. The van der Waals surface area contributed by atoms with E-state index in [4.69, 9.17) is 27.9 Å². The number of hydrogen-bond donors (Lipinski definition) is 1. The number of aromatic nitrogens is 2. The summed E-state index contributed by atoms with van der Waals surface area (Å²) in [4.78, 5) is 0. The van der Waals surface area contributed by atoms with Crippen LogP contribution >= 0.6 is 23.2 Å². The van der Waals surface area contributed by atoms with Crippen molar-refractivity contribution in [2.45, 2.75) is 13.2 Å². The molecule has 1 aromatic heterocycles. The third kappa shape index (κ3) is 2.77. The van der Waals surface area contributed by atoms with E-state index in [1.54, 1.807) is 6.92 Å². The molecule has 1 N–H and O–H groups in total. The minimum absolute atomic E-state index is 0.174. The van der Waals surface area contributed by atoms with E-state index in [1.807, 2.05) is 0 Å². The van der Waals surface area contributed by atoms with Gasteiger partial charge in [0.2, 0.25) is 6.29 Å². The molecule has 0 bridgehead atoms. The summed E-state index contributed by atoms with van der Waals surface area (Å²) in [5, 5.41) is 16.9. The summed E-state index contributed by atoms with van der Waals surface area (Å²) in [5.41, 5.74) is 0.174. The standard InChI is InChI=1S/C7H8Cl2N2O2/c1-2-13-7(12)6-4(8)3-5(9)10-11-6/h3,7,12H,2H2,1H3. The number of aliphatic hydroxyl groups excluding tert-OH is 1. The highest BCUT2D eigenvalue weighted by atomic mass is 35.5. The number of aliphatic hydroxyl groups is 1. The summed E-state index contributed by atoms with van der Waals surface area (Å²) in [6, 6.07) is 1.40. The Bertz CT molecular complexity index is 296. The molecule has 0 fully saturated rings. The maximum Gasteiger partial charge on any atom is 0.201 e. The zero-order chi connectivity index (χ0) is 9.84. The van der Waals surface area contributed by atoms with Crippen LogP contribution < -0.4 is 0 Å². The van der Waals surface area contributed by atoms with Gasteiger partial charge >= 0.3 is 0 Å². The molecule has 1 unspecified atom stereocenters. The van der Waals surface area contributed by atoms with Gasteiger partial charge in [0, 0.05) is 6.61 Å². The van der Waals surface area contributed by atoms with Crippen LogP contribution in [0, 0.1) is 0 Å². The van der Waals surface area contributed by atoms with Crippen LogP contribution in [0.5, 0.6) is 0 Å². The van der Waals surface area contributed by atoms with Gasteiger partial charge in [-0.1, -0.05) is 23.2 Å². The zero-order valence-electron chi connectivity index (χ0n) is 6.87. The second kappa shape index (κ2) is 4.72. The molecule has 1 rings (SSSR count). The molecule has 0 aliphatic carbocycles. The molecule has 0 spiro atoms. The first-order valence-electron chi connectivity index (χ1n) is 3.63. The van der Waals surface area contributed by atoms with Gasteiger partial charge in [-0.15, -0.1) is 10.2 Å². The first-order valence-corrected chi connectivity index (χ1v) is 4.39. The van der Waals surface area contributed by atoms with Crippen molar-refractivity contribution in [1.29, 1.82) is 0 Å². The van der Waals surface area contributed by atoms with Crippen LogP contribution in [0.1, 0.15) is 18.9 Å². The summed E-state index contributed by atoms with van der Waals surface area (Å²) in [6.45, 7) is 2.11. The minimum Gasteiger partial charge on any atom is -0.363 e. The molecule has 0 saturated carbocycles. The Morgan fingerprint density at radius 1 is 1.54 bits per heavy atom. The van der Waals surface area contributed by atoms with Gasteiger partial charge in [0.15, 0.2) is 5.15 Å². The van der Waals surface area contributed by atoms with Crippen LogP contribution in [-0.2, 0) is 4.74 Å². The van der Waals surface area contributed by atoms with Gasteiger partial charge in [-0.3, -0.25) is 0 Å². The second-order valence-electron chi connectivity index (χ2n) is 2.21. The van der Waals surface area contributed by atoms with Gasteiger partial charge in [-0.2, -0.15) is 0 Å². The first-order chi connectivity index (χ1) is 6.15. The monoisotopic (exact) mass is 222 g/mol. The molecule has 6 heteroatoms. The van der Waals surface area contributed by atoms with Crippen molar-refractivity contribution < 1.29 is 9.84 Å². The van der Waals surface area contributed by atoms with Crippen molar-refractivity contribution in [2.24, 2.45) is 0 Å². The number of hydrogen-bond acceptors (Lipinski definition) is 4. The van der Waals surface area contributed by atoms with Crippen LogP contribution in [0.15, 0.2) is 6.07 Å². The van der Waals surface area contributed by atoms with Crippen molar-refractivity contribution >= 4 is 23.2 Å². The second-order valence-corrected chi connectivity index (χ2v) is 3.00. The largest absolute Gasteiger partial charge is 0.363 e. The number of nitrogens with zero attached hydrogens (tertiary/aromatic N) is 2. The van der Waals surface area contributed by atoms with Crippen LogP contribution in [-0.4, -0.2) is 21.9 Å². The number of ether oxygens (including phenoxy) is 1. The molecule has 1 atom stereocenters. The smallest absolute Gasteiger partial charge is 0.201 e. The van der Waals surface area contributed by atoms with Crippen molar-refractivity contribution in [3.63, 3.8) is 0 Å². The normalized spacial score (nSPS) is 12.9. The van der Waals surface area contributed by atoms with Gasteiger partial charge < -0.3 is 9.84 Å². The van der Waals surface area contributed by atoms with E-state index in [1.165, 1.54) is 6.07 Å². The molecule has 0 aliphatic heterocycles. The topological polar surface area (TPSA) is 55.2 Å². The summed E-state index contributed by atoms with van der Waals surface area (Å²) in [5.74, 6) is 0. The maximum absolute atomic E-state index is 9.34.